The number of carbonyl (C=O) groups excluding carboxylic acids is 2. The molecule has 0 saturated carbocycles. The molecule has 4 nitrogen and oxygen atoms in total. The number of nitrogens with one attached hydrogen (secondary N) is 2. The zero-order valence-corrected chi connectivity index (χ0v) is 16.4. The third-order valence-electron chi connectivity index (χ3n) is 4.61. The fourth-order valence-corrected chi connectivity index (χ4v) is 3.27. The Bertz CT molecular complexity index is 970. The van der Waals surface area contributed by atoms with Crippen LogP contribution in [-0.4, -0.2) is 18.4 Å². The molecule has 0 atom stereocenters. The molecule has 0 unspecified atom stereocenters. The lowest BCUT2D eigenvalue weighted by Crippen LogP contribution is -2.33. The summed E-state index contributed by atoms with van der Waals surface area (Å²) in [6, 6.07) is 21.4. The zero-order valence-electron chi connectivity index (χ0n) is 16.4. The van der Waals surface area contributed by atoms with E-state index in [1.54, 1.807) is 12.1 Å². The highest BCUT2D eigenvalue weighted by molar-refractivity contribution is 6.00. The number of anilines is 1. The Kier molecular flexibility index (Phi) is 5.90. The number of amides is 2. The predicted molar refractivity (Wildman–Crippen MR) is 113 cm³/mol. The number of aryl methyl sites for hydroxylation is 3. The van der Waals surface area contributed by atoms with E-state index in [0.717, 1.165) is 33.5 Å². The van der Waals surface area contributed by atoms with E-state index in [9.17, 15) is 9.59 Å². The lowest BCUT2D eigenvalue weighted by Gasteiger charge is -2.13. The van der Waals surface area contributed by atoms with E-state index in [-0.39, 0.29) is 18.4 Å². The Morgan fingerprint density at radius 1 is 0.786 bits per heavy atom. The van der Waals surface area contributed by atoms with E-state index >= 15 is 0 Å². The second-order valence-corrected chi connectivity index (χ2v) is 6.95. The van der Waals surface area contributed by atoms with Crippen LogP contribution in [0.25, 0.3) is 11.1 Å². The van der Waals surface area contributed by atoms with Crippen LogP contribution in [0.5, 0.6) is 0 Å². The van der Waals surface area contributed by atoms with Gasteiger partial charge in [0, 0.05) is 11.3 Å². The normalized spacial score (nSPS) is 10.4. The molecular weight excluding hydrogens is 348 g/mol. The van der Waals surface area contributed by atoms with Crippen LogP contribution >= 0.6 is 0 Å². The van der Waals surface area contributed by atoms with Crippen LogP contribution in [-0.2, 0) is 4.79 Å². The van der Waals surface area contributed by atoms with Gasteiger partial charge >= 0.3 is 0 Å². The first-order valence-electron chi connectivity index (χ1n) is 9.25. The molecule has 0 aliphatic rings. The molecule has 3 aromatic rings. The second-order valence-electron chi connectivity index (χ2n) is 6.95. The van der Waals surface area contributed by atoms with Gasteiger partial charge in [0.15, 0.2) is 0 Å². The van der Waals surface area contributed by atoms with Crippen molar-refractivity contribution in [3.63, 3.8) is 0 Å². The summed E-state index contributed by atoms with van der Waals surface area (Å²) in [6.07, 6.45) is 0. The van der Waals surface area contributed by atoms with Crippen molar-refractivity contribution in [1.82, 2.24) is 5.32 Å². The average Bonchev–Trinajstić information content (AvgIpc) is 2.69. The van der Waals surface area contributed by atoms with E-state index in [4.69, 9.17) is 0 Å². The highest BCUT2D eigenvalue weighted by atomic mass is 16.2. The summed E-state index contributed by atoms with van der Waals surface area (Å²) >= 11 is 0. The van der Waals surface area contributed by atoms with Crippen molar-refractivity contribution in [3.8, 4) is 11.1 Å². The Balaban J connectivity index is 1.59. The minimum atomic E-state index is -0.271. The average molecular weight is 372 g/mol. The van der Waals surface area contributed by atoms with Crippen molar-refractivity contribution < 1.29 is 9.59 Å². The van der Waals surface area contributed by atoms with Crippen LogP contribution < -0.4 is 10.6 Å². The molecule has 3 aromatic carbocycles. The largest absolute Gasteiger partial charge is 0.343 e. The molecule has 0 aliphatic heterocycles. The molecular formula is C24H24N2O2. The van der Waals surface area contributed by atoms with Crippen LogP contribution in [0.1, 0.15) is 27.0 Å². The highest BCUT2D eigenvalue weighted by Crippen LogP contribution is 2.22. The van der Waals surface area contributed by atoms with E-state index < -0.39 is 0 Å². The Morgan fingerprint density at radius 2 is 1.36 bits per heavy atom. The lowest BCUT2D eigenvalue weighted by molar-refractivity contribution is -0.115. The third kappa shape index (κ3) is 4.65. The van der Waals surface area contributed by atoms with E-state index in [1.807, 2.05) is 75.4 Å². The number of hydrogen-bond donors (Lipinski definition) is 2. The van der Waals surface area contributed by atoms with Crippen LogP contribution in [0.2, 0.25) is 0 Å². The maximum atomic E-state index is 12.3. The minimum absolute atomic E-state index is 0.0774. The van der Waals surface area contributed by atoms with Crippen molar-refractivity contribution in [2.75, 3.05) is 11.9 Å². The summed E-state index contributed by atoms with van der Waals surface area (Å²) in [6.45, 7) is 5.87. The summed E-state index contributed by atoms with van der Waals surface area (Å²) < 4.78 is 0. The molecule has 0 saturated heterocycles. The van der Waals surface area contributed by atoms with Gasteiger partial charge in [0.05, 0.1) is 6.54 Å². The van der Waals surface area contributed by atoms with Gasteiger partial charge in [0.25, 0.3) is 5.91 Å². The van der Waals surface area contributed by atoms with Crippen molar-refractivity contribution in [1.29, 1.82) is 0 Å². The van der Waals surface area contributed by atoms with Crippen LogP contribution in [0, 0.1) is 20.8 Å². The van der Waals surface area contributed by atoms with Gasteiger partial charge in [-0.2, -0.15) is 0 Å². The molecule has 0 radical (unpaired) electrons. The summed E-state index contributed by atoms with van der Waals surface area (Å²) in [4.78, 5) is 24.6. The van der Waals surface area contributed by atoms with E-state index in [2.05, 4.69) is 10.6 Å². The predicted octanol–water partition coefficient (Wildman–Crippen LogP) is 4.65. The van der Waals surface area contributed by atoms with Gasteiger partial charge in [0.2, 0.25) is 5.91 Å². The molecule has 0 aliphatic carbocycles. The number of carbonyl (C=O) groups is 2. The fourth-order valence-electron chi connectivity index (χ4n) is 3.27. The first-order valence-corrected chi connectivity index (χ1v) is 9.25. The standard InChI is InChI=1S/C24H24N2O2/c1-16-13-17(2)23(18(3)14-16)26-22(27)15-25-24(28)21-11-9-20(10-12-21)19-7-5-4-6-8-19/h4-14H,15H2,1-3H3,(H,25,28)(H,26,27). The third-order valence-corrected chi connectivity index (χ3v) is 4.61. The van der Waals surface area contributed by atoms with E-state index in [1.165, 1.54) is 0 Å². The molecule has 0 spiro atoms. The molecule has 4 heteroatoms. The zero-order chi connectivity index (χ0) is 20.1. The summed E-state index contributed by atoms with van der Waals surface area (Å²) in [5.41, 5.74) is 6.63. The maximum absolute atomic E-state index is 12.3. The highest BCUT2D eigenvalue weighted by Gasteiger charge is 2.11. The Morgan fingerprint density at radius 3 is 1.96 bits per heavy atom. The van der Waals surface area contributed by atoms with Crippen molar-refractivity contribution in [2.24, 2.45) is 0 Å². The lowest BCUT2D eigenvalue weighted by atomic mass is 10.0. The summed E-state index contributed by atoms with van der Waals surface area (Å²) in [5, 5.41) is 5.57. The van der Waals surface area contributed by atoms with Crippen LogP contribution in [0.3, 0.4) is 0 Å². The number of hydrogen-bond acceptors (Lipinski definition) is 2. The Labute approximate surface area is 165 Å². The molecule has 28 heavy (non-hydrogen) atoms. The smallest absolute Gasteiger partial charge is 0.251 e. The fraction of sp³-hybridized carbons (Fsp3) is 0.167. The van der Waals surface area contributed by atoms with Gasteiger partial charge in [-0.25, -0.2) is 0 Å². The molecule has 2 amide bonds. The first kappa shape index (κ1) is 19.4. The summed E-state index contributed by atoms with van der Waals surface area (Å²) in [5.74, 6) is -0.517. The van der Waals surface area contributed by atoms with Gasteiger partial charge in [0.1, 0.15) is 0 Å². The minimum Gasteiger partial charge on any atom is -0.343 e. The van der Waals surface area contributed by atoms with Gasteiger partial charge in [-0.05, 0) is 55.2 Å². The van der Waals surface area contributed by atoms with Gasteiger partial charge in [-0.3, -0.25) is 9.59 Å². The molecule has 0 aromatic heterocycles. The second kappa shape index (κ2) is 8.53. The van der Waals surface area contributed by atoms with Gasteiger partial charge in [-0.1, -0.05) is 60.2 Å². The topological polar surface area (TPSA) is 58.2 Å². The Hall–Kier alpha value is -3.40. The van der Waals surface area contributed by atoms with E-state index in [0.29, 0.717) is 5.56 Å². The molecule has 2 N–H and O–H groups in total. The molecule has 3 rings (SSSR count). The van der Waals surface area contributed by atoms with Crippen LogP contribution in [0.15, 0.2) is 66.7 Å². The monoisotopic (exact) mass is 372 g/mol. The van der Waals surface area contributed by atoms with Gasteiger partial charge < -0.3 is 10.6 Å². The summed E-state index contributed by atoms with van der Waals surface area (Å²) in [7, 11) is 0. The van der Waals surface area contributed by atoms with Gasteiger partial charge in [-0.15, -0.1) is 0 Å². The van der Waals surface area contributed by atoms with Crippen molar-refractivity contribution in [3.05, 3.63) is 89.0 Å². The van der Waals surface area contributed by atoms with Crippen molar-refractivity contribution >= 4 is 17.5 Å². The SMILES string of the molecule is Cc1cc(C)c(NC(=O)CNC(=O)c2ccc(-c3ccccc3)cc2)c(C)c1. The quantitative estimate of drug-likeness (QED) is 0.685. The molecule has 0 fully saturated rings. The number of rotatable bonds is 5. The number of benzene rings is 3. The van der Waals surface area contributed by atoms with Crippen molar-refractivity contribution in [2.45, 2.75) is 20.8 Å². The maximum Gasteiger partial charge on any atom is 0.251 e. The molecule has 0 bridgehead atoms. The first-order chi connectivity index (χ1) is 13.4. The molecule has 0 heterocycles. The molecule has 142 valence electrons. The van der Waals surface area contributed by atoms with Crippen LogP contribution in [0.4, 0.5) is 5.69 Å².